The molecule has 0 atom stereocenters. The minimum atomic E-state index is -1.08. The molecule has 20 heavy (non-hydrogen) atoms. The summed E-state index contributed by atoms with van der Waals surface area (Å²) in [7, 11) is 0. The largest absolute Gasteiger partial charge is 1.00 e. The summed E-state index contributed by atoms with van der Waals surface area (Å²) >= 11 is 0. The maximum absolute atomic E-state index is 9.00. The van der Waals surface area contributed by atoms with E-state index in [1.54, 1.807) is 0 Å². The minimum Gasteiger partial charge on any atom is -0.550 e. The second-order valence-electron chi connectivity index (χ2n) is 2.05. The van der Waals surface area contributed by atoms with Crippen LogP contribution in [-0.4, -0.2) is 55.6 Å². The van der Waals surface area contributed by atoms with Crippen molar-refractivity contribution in [3.05, 3.63) is 0 Å². The molecule has 0 aromatic carbocycles. The van der Waals surface area contributed by atoms with E-state index in [1.165, 1.54) is 0 Å². The number of hydrogen-bond acceptors (Lipinski definition) is 5. The van der Waals surface area contributed by atoms with Gasteiger partial charge in [0, 0.05) is 26.7 Å². The first kappa shape index (κ1) is 51.1. The molecule has 0 aromatic heterocycles. The van der Waals surface area contributed by atoms with E-state index in [0.29, 0.717) is 0 Å². The quantitative estimate of drug-likeness (QED) is 0.361. The third kappa shape index (κ3) is 2710. The van der Waals surface area contributed by atoms with Crippen LogP contribution in [0.5, 0.6) is 0 Å². The predicted molar refractivity (Wildman–Crippen MR) is 61.5 cm³/mol. The van der Waals surface area contributed by atoms with Crippen LogP contribution in [0.1, 0.15) is 27.7 Å². The Kier molecular flexibility index (Phi) is 110. The Labute approximate surface area is 137 Å². The van der Waals surface area contributed by atoms with Crippen molar-refractivity contribution >= 4 is 23.9 Å². The molecular formula is C8H21NaO11. The van der Waals surface area contributed by atoms with Gasteiger partial charge in [0.25, 0.3) is 17.9 Å². The number of rotatable bonds is 0. The van der Waals surface area contributed by atoms with Gasteiger partial charge < -0.3 is 41.6 Å². The fourth-order valence-electron chi connectivity index (χ4n) is 0. The summed E-state index contributed by atoms with van der Waals surface area (Å²) in [6.45, 7) is 4.22. The zero-order valence-corrected chi connectivity index (χ0v) is 13.9. The van der Waals surface area contributed by atoms with Gasteiger partial charge >= 0.3 is 29.6 Å². The smallest absolute Gasteiger partial charge is 0.550 e. The molecule has 0 saturated carbocycles. The van der Waals surface area contributed by atoms with Gasteiger partial charge in [-0.05, 0) is 6.92 Å². The van der Waals surface area contributed by atoms with Crippen LogP contribution in [0.15, 0.2) is 0 Å². The van der Waals surface area contributed by atoms with Gasteiger partial charge in [0.15, 0.2) is 0 Å². The van der Waals surface area contributed by atoms with Gasteiger partial charge in [-0.1, -0.05) is 0 Å². The molecule has 0 rings (SSSR count). The molecule has 0 fully saturated rings. The summed E-state index contributed by atoms with van der Waals surface area (Å²) in [5.74, 6) is -3.58. The van der Waals surface area contributed by atoms with Gasteiger partial charge in [0.05, 0.1) is 0 Å². The van der Waals surface area contributed by atoms with Crippen LogP contribution < -0.4 is 34.7 Å². The summed E-state index contributed by atoms with van der Waals surface area (Å²) in [6, 6.07) is 0. The van der Waals surface area contributed by atoms with Crippen molar-refractivity contribution in [2.24, 2.45) is 0 Å². The van der Waals surface area contributed by atoms with Crippen LogP contribution >= 0.6 is 0 Å². The van der Waals surface area contributed by atoms with Crippen molar-refractivity contribution in [3.63, 3.8) is 0 Å². The van der Waals surface area contributed by atoms with E-state index in [0.717, 1.165) is 27.7 Å². The first-order chi connectivity index (χ1) is 6.93. The van der Waals surface area contributed by atoms with E-state index in [1.807, 2.05) is 0 Å². The van der Waals surface area contributed by atoms with Crippen LogP contribution in [0.3, 0.4) is 0 Å². The van der Waals surface area contributed by atoms with Crippen LogP contribution in [0.2, 0.25) is 0 Å². The number of aliphatic carboxylic acids is 4. The molecule has 0 bridgehead atoms. The number of carbonyl (C=O) groups excluding carboxylic acids is 1. The minimum absolute atomic E-state index is 0. The molecule has 9 N–H and O–H groups in total. The van der Waals surface area contributed by atoms with E-state index in [9.17, 15) is 0 Å². The Balaban J connectivity index is -0.0000000150. The average molecular weight is 316 g/mol. The van der Waals surface area contributed by atoms with Crippen molar-refractivity contribution in [2.75, 3.05) is 0 Å². The molecule has 0 amide bonds. The van der Waals surface area contributed by atoms with Gasteiger partial charge in [-0.2, -0.15) is 0 Å². The summed E-state index contributed by atoms with van der Waals surface area (Å²) in [6.07, 6.45) is 0. The maximum Gasteiger partial charge on any atom is 1.00 e. The molecule has 0 spiro atoms. The molecule has 0 aliphatic carbocycles. The number of carbonyl (C=O) groups is 4. The van der Waals surface area contributed by atoms with Gasteiger partial charge in [-0.25, -0.2) is 0 Å². The van der Waals surface area contributed by atoms with E-state index < -0.39 is 23.9 Å². The van der Waals surface area contributed by atoms with E-state index in [-0.39, 0.29) is 46.0 Å². The van der Waals surface area contributed by atoms with E-state index in [2.05, 4.69) is 0 Å². The fraction of sp³-hybridized carbons (Fsp3) is 0.500. The van der Waals surface area contributed by atoms with Crippen molar-refractivity contribution in [2.45, 2.75) is 27.7 Å². The van der Waals surface area contributed by atoms with Crippen LogP contribution in [-0.2, 0) is 19.2 Å². The molecule has 0 heterocycles. The molecule has 0 saturated heterocycles. The molecular weight excluding hydrogens is 295 g/mol. The van der Waals surface area contributed by atoms with Crippen molar-refractivity contribution in [3.8, 4) is 0 Å². The number of carboxylic acid groups (broad SMARTS) is 4. The first-order valence-electron chi connectivity index (χ1n) is 3.69. The Morgan fingerprint density at radius 3 is 0.650 bits per heavy atom. The third-order valence-electron chi connectivity index (χ3n) is 0. The second-order valence-corrected chi connectivity index (χ2v) is 2.05. The monoisotopic (exact) mass is 316 g/mol. The predicted octanol–water partition coefficient (Wildman–Crippen LogP) is -6.44. The van der Waals surface area contributed by atoms with Crippen LogP contribution in [0, 0.1) is 0 Å². The van der Waals surface area contributed by atoms with Gasteiger partial charge in [-0.15, -0.1) is 0 Å². The van der Waals surface area contributed by atoms with Gasteiger partial charge in [0.1, 0.15) is 0 Å². The number of carboxylic acids is 4. The number of hydrogen-bond donors (Lipinski definition) is 3. The Hall–Kier alpha value is -1.24. The third-order valence-corrected chi connectivity index (χ3v) is 0. The van der Waals surface area contributed by atoms with Gasteiger partial charge in [0.2, 0.25) is 0 Å². The van der Waals surface area contributed by atoms with Crippen molar-refractivity contribution in [1.82, 2.24) is 0 Å². The van der Waals surface area contributed by atoms with E-state index >= 15 is 0 Å². The second kappa shape index (κ2) is 43.1. The van der Waals surface area contributed by atoms with Crippen LogP contribution in [0.25, 0.3) is 0 Å². The first-order valence-corrected chi connectivity index (χ1v) is 3.69. The fourth-order valence-corrected chi connectivity index (χ4v) is 0. The topological polar surface area (TPSA) is 247 Å². The SMILES string of the molecule is CC(=O)O.CC(=O)O.CC(=O)O.CC(=O)[O-].O.O.O.[Na+]. The Bertz CT molecular complexity index is 164. The Morgan fingerprint density at radius 2 is 0.650 bits per heavy atom. The molecule has 0 radical (unpaired) electrons. The molecule has 0 aliphatic heterocycles. The maximum atomic E-state index is 9.00. The zero-order chi connectivity index (χ0) is 14.3. The molecule has 0 aliphatic rings. The average Bonchev–Trinajstić information content (AvgIpc) is 1.76. The van der Waals surface area contributed by atoms with Crippen molar-refractivity contribution in [1.29, 1.82) is 0 Å². The van der Waals surface area contributed by atoms with E-state index in [4.69, 9.17) is 39.6 Å². The van der Waals surface area contributed by atoms with Crippen LogP contribution in [0.4, 0.5) is 0 Å². The van der Waals surface area contributed by atoms with Crippen molar-refractivity contribution < 1.29 is 85.6 Å². The zero-order valence-electron chi connectivity index (χ0n) is 11.9. The summed E-state index contributed by atoms with van der Waals surface area (Å²) in [5, 5.41) is 31.1. The molecule has 11 nitrogen and oxygen atoms in total. The van der Waals surface area contributed by atoms with Gasteiger partial charge in [-0.3, -0.25) is 14.4 Å². The standard InChI is InChI=1S/4C2H4O2.Na.3H2O/c4*1-2(3)4;;;;/h4*1H3,(H,3,4);;3*1H2/q;;;;+1;;;/p-1. The summed E-state index contributed by atoms with van der Waals surface area (Å²) in [5.41, 5.74) is 0. The molecule has 12 heteroatoms. The molecule has 0 aromatic rings. The summed E-state index contributed by atoms with van der Waals surface area (Å²) in [4.78, 5) is 35.9. The molecule has 120 valence electrons. The summed E-state index contributed by atoms with van der Waals surface area (Å²) < 4.78 is 0. The Morgan fingerprint density at radius 1 is 0.650 bits per heavy atom. The molecule has 0 unspecified atom stereocenters. The normalized spacial score (nSPS) is 5.00.